The van der Waals surface area contributed by atoms with Gasteiger partial charge < -0.3 is 15.3 Å². The number of amides is 1. The van der Waals surface area contributed by atoms with Crippen LogP contribution in [0.25, 0.3) is 6.08 Å². The summed E-state index contributed by atoms with van der Waals surface area (Å²) in [5.41, 5.74) is 1.51. The highest BCUT2D eigenvalue weighted by Gasteiger charge is 2.29. The molecule has 21 heavy (non-hydrogen) atoms. The summed E-state index contributed by atoms with van der Waals surface area (Å²) in [4.78, 5) is 24.4. The molecule has 0 bridgehead atoms. The molecule has 1 aromatic carbocycles. The molecule has 2 rings (SSSR count). The summed E-state index contributed by atoms with van der Waals surface area (Å²) in [6.45, 7) is 3.25. The third-order valence-corrected chi connectivity index (χ3v) is 3.72. The van der Waals surface area contributed by atoms with Gasteiger partial charge in [0.2, 0.25) is 5.91 Å². The topological polar surface area (TPSA) is 69.6 Å². The van der Waals surface area contributed by atoms with Gasteiger partial charge in [-0.2, -0.15) is 0 Å². The van der Waals surface area contributed by atoms with E-state index in [1.807, 2.05) is 17.9 Å². The predicted octanol–water partition coefficient (Wildman–Crippen LogP) is 2.15. The molecule has 1 amide bonds. The Kier molecular flexibility index (Phi) is 4.85. The number of carbonyl (C=O) groups is 2. The number of hydrogen-bond acceptors (Lipinski definition) is 3. The van der Waals surface area contributed by atoms with Gasteiger partial charge in [0.1, 0.15) is 6.04 Å². The number of aliphatic carboxylic acids is 1. The van der Waals surface area contributed by atoms with Crippen molar-refractivity contribution in [3.05, 3.63) is 34.9 Å². The van der Waals surface area contributed by atoms with E-state index >= 15 is 0 Å². The Labute approximate surface area is 128 Å². The van der Waals surface area contributed by atoms with Crippen LogP contribution in [0.2, 0.25) is 5.02 Å². The van der Waals surface area contributed by atoms with Gasteiger partial charge >= 0.3 is 5.97 Å². The van der Waals surface area contributed by atoms with Gasteiger partial charge in [0.25, 0.3) is 0 Å². The first kappa shape index (κ1) is 15.4. The Morgan fingerprint density at radius 3 is 2.95 bits per heavy atom. The predicted molar refractivity (Wildman–Crippen MR) is 82.6 cm³/mol. The molecule has 112 valence electrons. The lowest BCUT2D eigenvalue weighted by Gasteiger charge is -2.36. The minimum absolute atomic E-state index is 0.00895. The van der Waals surface area contributed by atoms with Crippen LogP contribution >= 0.6 is 11.6 Å². The van der Waals surface area contributed by atoms with E-state index in [0.717, 1.165) is 11.8 Å². The molecule has 1 saturated heterocycles. The molecule has 1 aliphatic heterocycles. The molecular weight excluding hydrogens is 292 g/mol. The molecule has 1 atom stereocenters. The summed E-state index contributed by atoms with van der Waals surface area (Å²) in [5, 5.41) is 12.0. The van der Waals surface area contributed by atoms with Gasteiger partial charge in [-0.05, 0) is 30.2 Å². The first-order valence-corrected chi connectivity index (χ1v) is 7.15. The fraction of sp³-hybridized carbons (Fsp3) is 0.333. The monoisotopic (exact) mass is 308 g/mol. The lowest BCUT2D eigenvalue weighted by Crippen LogP contribution is -2.55. The average molecular weight is 309 g/mol. The second-order valence-electron chi connectivity index (χ2n) is 4.79. The van der Waals surface area contributed by atoms with Gasteiger partial charge in [-0.3, -0.25) is 4.79 Å². The van der Waals surface area contributed by atoms with Gasteiger partial charge in [0.05, 0.1) is 10.7 Å². The standard InChI is InChI=1S/C15H17ClN2O3/c1-2-12-15(21)17-7-8-18(12)13-5-3-10(9-11(13)16)4-6-14(19)20/h3-6,9,12H,2,7-8H2,1H3,(H,17,21)(H,19,20)/b6-4+. The molecule has 2 N–H and O–H groups in total. The number of benzene rings is 1. The van der Waals surface area contributed by atoms with E-state index in [2.05, 4.69) is 5.32 Å². The van der Waals surface area contributed by atoms with Gasteiger partial charge in [-0.15, -0.1) is 0 Å². The Bertz CT molecular complexity index is 586. The highest BCUT2D eigenvalue weighted by molar-refractivity contribution is 6.33. The minimum atomic E-state index is -1.01. The molecular formula is C15H17ClN2O3. The van der Waals surface area contributed by atoms with Crippen molar-refractivity contribution in [3.63, 3.8) is 0 Å². The molecule has 0 spiro atoms. The summed E-state index contributed by atoms with van der Waals surface area (Å²) >= 11 is 6.29. The number of carbonyl (C=O) groups excluding carboxylic acids is 1. The molecule has 1 heterocycles. The van der Waals surface area contributed by atoms with Crippen LogP contribution in [0.1, 0.15) is 18.9 Å². The molecule has 1 aromatic rings. The van der Waals surface area contributed by atoms with Crippen molar-refractivity contribution in [2.24, 2.45) is 0 Å². The van der Waals surface area contributed by atoms with E-state index in [0.29, 0.717) is 30.1 Å². The number of piperazine rings is 1. The minimum Gasteiger partial charge on any atom is -0.478 e. The van der Waals surface area contributed by atoms with Crippen molar-refractivity contribution < 1.29 is 14.7 Å². The molecule has 1 unspecified atom stereocenters. The maximum Gasteiger partial charge on any atom is 0.328 e. The summed E-state index contributed by atoms with van der Waals surface area (Å²) < 4.78 is 0. The maximum atomic E-state index is 11.9. The first-order chi connectivity index (χ1) is 10.0. The van der Waals surface area contributed by atoms with E-state index in [1.54, 1.807) is 12.1 Å². The van der Waals surface area contributed by atoms with Crippen LogP contribution < -0.4 is 10.2 Å². The van der Waals surface area contributed by atoms with Crippen molar-refractivity contribution >= 4 is 35.2 Å². The highest BCUT2D eigenvalue weighted by Crippen LogP contribution is 2.30. The van der Waals surface area contributed by atoms with Crippen LogP contribution in [-0.2, 0) is 9.59 Å². The number of carboxylic acids is 1. The zero-order valence-electron chi connectivity index (χ0n) is 11.7. The molecule has 0 aromatic heterocycles. The largest absolute Gasteiger partial charge is 0.478 e. The number of halogens is 1. The van der Waals surface area contributed by atoms with Crippen LogP contribution in [0.3, 0.4) is 0 Å². The van der Waals surface area contributed by atoms with Crippen LogP contribution in [0.5, 0.6) is 0 Å². The van der Waals surface area contributed by atoms with Gasteiger partial charge in [-0.1, -0.05) is 24.6 Å². The lowest BCUT2D eigenvalue weighted by atomic mass is 10.1. The Hall–Kier alpha value is -2.01. The fourth-order valence-corrected chi connectivity index (χ4v) is 2.73. The van der Waals surface area contributed by atoms with Crippen molar-refractivity contribution in [1.29, 1.82) is 0 Å². The number of nitrogens with one attached hydrogen (secondary N) is 1. The lowest BCUT2D eigenvalue weighted by molar-refractivity contribution is -0.131. The third-order valence-electron chi connectivity index (χ3n) is 3.42. The van der Waals surface area contributed by atoms with Gasteiger partial charge in [0.15, 0.2) is 0 Å². The molecule has 5 nitrogen and oxygen atoms in total. The number of rotatable bonds is 4. The van der Waals surface area contributed by atoms with Gasteiger partial charge in [0, 0.05) is 19.2 Å². The molecule has 0 saturated carbocycles. The van der Waals surface area contributed by atoms with Crippen molar-refractivity contribution in [2.45, 2.75) is 19.4 Å². The first-order valence-electron chi connectivity index (χ1n) is 6.78. The van der Waals surface area contributed by atoms with E-state index in [1.165, 1.54) is 6.08 Å². The van der Waals surface area contributed by atoms with E-state index < -0.39 is 5.97 Å². The van der Waals surface area contributed by atoms with E-state index in [4.69, 9.17) is 16.7 Å². The normalized spacial score (nSPS) is 18.9. The highest BCUT2D eigenvalue weighted by atomic mass is 35.5. The number of hydrogen-bond donors (Lipinski definition) is 2. The smallest absolute Gasteiger partial charge is 0.328 e. The molecule has 6 heteroatoms. The molecule has 1 aliphatic rings. The second kappa shape index (κ2) is 6.63. The summed E-state index contributed by atoms with van der Waals surface area (Å²) in [7, 11) is 0. The van der Waals surface area contributed by atoms with Crippen LogP contribution in [0.4, 0.5) is 5.69 Å². The van der Waals surface area contributed by atoms with Crippen molar-refractivity contribution in [1.82, 2.24) is 5.32 Å². The van der Waals surface area contributed by atoms with Crippen molar-refractivity contribution in [2.75, 3.05) is 18.0 Å². The zero-order chi connectivity index (χ0) is 15.4. The quantitative estimate of drug-likeness (QED) is 0.836. The Balaban J connectivity index is 2.27. The average Bonchev–Trinajstić information content (AvgIpc) is 2.45. The SMILES string of the molecule is CCC1C(=O)NCCN1c1ccc(/C=C/C(=O)O)cc1Cl. The Morgan fingerprint density at radius 2 is 2.33 bits per heavy atom. The summed E-state index contributed by atoms with van der Waals surface area (Å²) in [6.07, 6.45) is 3.25. The maximum absolute atomic E-state index is 11.9. The van der Waals surface area contributed by atoms with Crippen LogP contribution in [-0.4, -0.2) is 36.1 Å². The summed E-state index contributed by atoms with van der Waals surface area (Å²) in [5.74, 6) is -0.997. The number of carboxylic acid groups (broad SMARTS) is 1. The third kappa shape index (κ3) is 3.55. The Morgan fingerprint density at radius 1 is 1.57 bits per heavy atom. The van der Waals surface area contributed by atoms with Crippen LogP contribution in [0.15, 0.2) is 24.3 Å². The molecule has 0 aliphatic carbocycles. The zero-order valence-corrected chi connectivity index (χ0v) is 12.4. The second-order valence-corrected chi connectivity index (χ2v) is 5.20. The molecule has 1 fully saturated rings. The van der Waals surface area contributed by atoms with Crippen LogP contribution in [0, 0.1) is 0 Å². The number of anilines is 1. The van der Waals surface area contributed by atoms with E-state index in [9.17, 15) is 9.59 Å². The summed E-state index contributed by atoms with van der Waals surface area (Å²) in [6, 6.07) is 5.09. The number of nitrogens with zero attached hydrogens (tertiary/aromatic N) is 1. The molecule has 0 radical (unpaired) electrons. The fourth-order valence-electron chi connectivity index (χ4n) is 2.44. The van der Waals surface area contributed by atoms with Crippen molar-refractivity contribution in [3.8, 4) is 0 Å². The van der Waals surface area contributed by atoms with E-state index in [-0.39, 0.29) is 11.9 Å². The van der Waals surface area contributed by atoms with Gasteiger partial charge in [-0.25, -0.2) is 4.79 Å².